The summed E-state index contributed by atoms with van der Waals surface area (Å²) in [6.07, 6.45) is -0.351. The van der Waals surface area contributed by atoms with Crippen LogP contribution >= 0.6 is 0 Å². The van der Waals surface area contributed by atoms with Gasteiger partial charge in [0.05, 0.1) is 30.7 Å². The summed E-state index contributed by atoms with van der Waals surface area (Å²) in [4.78, 5) is 27.1. The van der Waals surface area contributed by atoms with Crippen LogP contribution in [0.4, 0.5) is 19.0 Å². The highest BCUT2D eigenvalue weighted by Gasteiger charge is 2.39. The molecule has 10 heteroatoms. The number of nitrogens with one attached hydrogen (secondary N) is 2. The number of likely N-dealkylation sites (tertiary alicyclic amines) is 1. The molecule has 1 saturated heterocycles. The average molecular weight is 458 g/mol. The monoisotopic (exact) mass is 458 g/mol. The van der Waals surface area contributed by atoms with Gasteiger partial charge in [0.2, 0.25) is 0 Å². The van der Waals surface area contributed by atoms with Gasteiger partial charge in [0.1, 0.15) is 5.82 Å². The molecule has 174 valence electrons. The van der Waals surface area contributed by atoms with Crippen molar-refractivity contribution in [3.8, 4) is 0 Å². The van der Waals surface area contributed by atoms with Crippen LogP contribution in [0.3, 0.4) is 0 Å². The van der Waals surface area contributed by atoms with Gasteiger partial charge in [-0.1, -0.05) is 37.3 Å². The molecule has 1 aromatic carbocycles. The number of nitrogens with zero attached hydrogens (tertiary/aromatic N) is 4. The van der Waals surface area contributed by atoms with Gasteiger partial charge < -0.3 is 15.5 Å². The van der Waals surface area contributed by atoms with Crippen LogP contribution in [0.15, 0.2) is 53.4 Å². The van der Waals surface area contributed by atoms with Crippen LogP contribution in [0, 0.1) is 5.92 Å². The Balaban J connectivity index is 1.55. The zero-order valence-corrected chi connectivity index (χ0v) is 18.3. The molecule has 2 aromatic rings. The molecule has 3 atom stereocenters. The van der Waals surface area contributed by atoms with Gasteiger partial charge in [0, 0.05) is 24.4 Å². The summed E-state index contributed by atoms with van der Waals surface area (Å²) < 4.78 is 38.3. The molecular weight excluding hydrogens is 433 g/mol. The number of hydrogen-bond donors (Lipinski definition) is 2. The van der Waals surface area contributed by atoms with Crippen LogP contribution in [0.1, 0.15) is 31.5 Å². The highest BCUT2D eigenvalue weighted by Crippen LogP contribution is 2.31. The number of aliphatic imine (C=N–C) groups is 1. The third-order valence-corrected chi connectivity index (χ3v) is 5.80. The molecule has 0 saturated carbocycles. The van der Waals surface area contributed by atoms with E-state index >= 15 is 0 Å². The fourth-order valence-corrected chi connectivity index (χ4v) is 4.25. The third-order valence-electron chi connectivity index (χ3n) is 5.80. The lowest BCUT2D eigenvalue weighted by atomic mass is 10.0. The number of hydrogen-bond acceptors (Lipinski definition) is 6. The molecule has 4 rings (SSSR count). The third kappa shape index (κ3) is 4.99. The normalized spacial score (nSPS) is 21.7. The molecule has 0 bridgehead atoms. The Bertz CT molecular complexity index is 1050. The summed E-state index contributed by atoms with van der Waals surface area (Å²) in [5.74, 6) is 0.311. The zero-order valence-electron chi connectivity index (χ0n) is 18.3. The van der Waals surface area contributed by atoms with Crippen molar-refractivity contribution in [3.05, 3.63) is 59.7 Å². The Morgan fingerprint density at radius 3 is 2.64 bits per heavy atom. The number of halogens is 3. The van der Waals surface area contributed by atoms with Crippen LogP contribution < -0.4 is 10.6 Å². The summed E-state index contributed by atoms with van der Waals surface area (Å²) in [6.45, 7) is 5.05. The molecule has 2 N–H and O–H groups in total. The number of anilines is 1. The highest BCUT2D eigenvalue weighted by molar-refractivity contribution is 6.03. The first-order valence-corrected chi connectivity index (χ1v) is 10.8. The summed E-state index contributed by atoms with van der Waals surface area (Å²) >= 11 is 0. The van der Waals surface area contributed by atoms with Gasteiger partial charge in [-0.2, -0.15) is 13.2 Å². The molecule has 1 aromatic heterocycles. The predicted molar refractivity (Wildman–Crippen MR) is 119 cm³/mol. The highest BCUT2D eigenvalue weighted by atomic mass is 19.4. The fraction of sp³-hybridized carbons (Fsp3) is 0.391. The van der Waals surface area contributed by atoms with E-state index in [2.05, 4.69) is 32.5 Å². The van der Waals surface area contributed by atoms with Crippen molar-refractivity contribution in [1.29, 1.82) is 0 Å². The summed E-state index contributed by atoms with van der Waals surface area (Å²) in [5.41, 5.74) is 0.881. The molecule has 33 heavy (non-hydrogen) atoms. The smallest absolute Gasteiger partial charge is 0.378 e. The van der Waals surface area contributed by atoms with Crippen molar-refractivity contribution < 1.29 is 18.0 Å². The zero-order chi connectivity index (χ0) is 23.6. The minimum Gasteiger partial charge on any atom is -0.378 e. The molecule has 1 fully saturated rings. The number of rotatable bonds is 5. The van der Waals surface area contributed by atoms with E-state index < -0.39 is 11.9 Å². The van der Waals surface area contributed by atoms with Gasteiger partial charge in [-0.25, -0.2) is 9.97 Å². The van der Waals surface area contributed by atoms with E-state index in [0.29, 0.717) is 30.7 Å². The van der Waals surface area contributed by atoms with Crippen molar-refractivity contribution in [2.45, 2.75) is 38.5 Å². The van der Waals surface area contributed by atoms with Crippen LogP contribution in [0.25, 0.3) is 5.70 Å². The van der Waals surface area contributed by atoms with E-state index in [1.807, 2.05) is 37.3 Å². The predicted octanol–water partition coefficient (Wildman–Crippen LogP) is 3.58. The minimum absolute atomic E-state index is 0.182. The van der Waals surface area contributed by atoms with Crippen molar-refractivity contribution in [2.24, 2.45) is 10.9 Å². The van der Waals surface area contributed by atoms with Crippen LogP contribution in [0.5, 0.6) is 0 Å². The Labute approximate surface area is 189 Å². The van der Waals surface area contributed by atoms with E-state index in [4.69, 9.17) is 0 Å². The molecule has 2 aliphatic rings. The second-order valence-electron chi connectivity index (χ2n) is 8.37. The number of benzene rings is 1. The van der Waals surface area contributed by atoms with Gasteiger partial charge in [-0.15, -0.1) is 0 Å². The summed E-state index contributed by atoms with van der Waals surface area (Å²) in [6, 6.07) is 9.13. The maximum absolute atomic E-state index is 13.6. The molecule has 1 amide bonds. The maximum Gasteiger partial charge on any atom is 0.434 e. The SMILES string of the molecule is CC1CC(C(C)Nc2cnc(C(F)(F)F)cn2)N(C(=O)C2=C(c3ccccc3)NCC=N2)C1. The van der Waals surface area contributed by atoms with E-state index in [1.54, 1.807) is 11.1 Å². The van der Waals surface area contributed by atoms with E-state index in [0.717, 1.165) is 18.2 Å². The Kier molecular flexibility index (Phi) is 6.35. The van der Waals surface area contributed by atoms with Crippen molar-refractivity contribution >= 4 is 23.6 Å². The van der Waals surface area contributed by atoms with Crippen molar-refractivity contribution in [1.82, 2.24) is 20.2 Å². The van der Waals surface area contributed by atoms with Crippen LogP contribution in [-0.4, -0.2) is 52.2 Å². The summed E-state index contributed by atoms with van der Waals surface area (Å²) in [7, 11) is 0. The van der Waals surface area contributed by atoms with E-state index in [-0.39, 0.29) is 29.7 Å². The lowest BCUT2D eigenvalue weighted by Gasteiger charge is -2.31. The first kappa shape index (κ1) is 22.8. The quantitative estimate of drug-likeness (QED) is 0.716. The lowest BCUT2D eigenvalue weighted by molar-refractivity contribution is -0.141. The molecular formula is C23H25F3N6O. The first-order chi connectivity index (χ1) is 15.7. The fourth-order valence-electron chi connectivity index (χ4n) is 4.25. The molecule has 3 heterocycles. The van der Waals surface area contributed by atoms with E-state index in [1.165, 1.54) is 0 Å². The lowest BCUT2D eigenvalue weighted by Crippen LogP contribution is -2.46. The Hall–Kier alpha value is -3.43. The number of amides is 1. The molecule has 0 aliphatic carbocycles. The number of aromatic nitrogens is 2. The number of alkyl halides is 3. The molecule has 3 unspecified atom stereocenters. The van der Waals surface area contributed by atoms with Crippen molar-refractivity contribution in [3.63, 3.8) is 0 Å². The van der Waals surface area contributed by atoms with Crippen LogP contribution in [0.2, 0.25) is 0 Å². The maximum atomic E-state index is 13.6. The second-order valence-corrected chi connectivity index (χ2v) is 8.37. The van der Waals surface area contributed by atoms with Gasteiger partial charge in [-0.05, 0) is 19.3 Å². The number of carbonyl (C=O) groups excluding carboxylic acids is 1. The van der Waals surface area contributed by atoms with Gasteiger partial charge in [0.15, 0.2) is 11.4 Å². The minimum atomic E-state index is -4.54. The molecule has 2 aliphatic heterocycles. The average Bonchev–Trinajstić information content (AvgIpc) is 3.21. The Morgan fingerprint density at radius 2 is 1.97 bits per heavy atom. The molecule has 0 radical (unpaired) electrons. The van der Waals surface area contributed by atoms with E-state index in [9.17, 15) is 18.0 Å². The van der Waals surface area contributed by atoms with Crippen LogP contribution in [-0.2, 0) is 11.0 Å². The molecule has 0 spiro atoms. The second kappa shape index (κ2) is 9.21. The topological polar surface area (TPSA) is 82.5 Å². The van der Waals surface area contributed by atoms with Crippen molar-refractivity contribution in [2.75, 3.05) is 18.4 Å². The largest absolute Gasteiger partial charge is 0.434 e. The van der Waals surface area contributed by atoms with Gasteiger partial charge >= 0.3 is 6.18 Å². The van der Waals surface area contributed by atoms with Gasteiger partial charge in [-0.3, -0.25) is 9.79 Å². The summed E-state index contributed by atoms with van der Waals surface area (Å²) in [5, 5.41) is 6.37. The number of carbonyl (C=O) groups is 1. The first-order valence-electron chi connectivity index (χ1n) is 10.8. The standard InChI is InChI=1S/C23H25F3N6O/c1-14-10-17(15(2)31-19-12-29-18(11-30-19)23(24,25)26)32(13-14)22(33)21-20(27-8-9-28-21)16-6-4-3-5-7-16/h3-7,9,11-12,14-15,17,27H,8,10,13H2,1-2H3,(H,30,31). The molecule has 7 nitrogen and oxygen atoms in total. The Morgan fingerprint density at radius 1 is 1.21 bits per heavy atom. The van der Waals surface area contributed by atoms with Gasteiger partial charge in [0.25, 0.3) is 5.91 Å².